The number of likely N-dealkylation sites (tertiary alicyclic amines) is 1. The molecule has 0 N–H and O–H groups in total. The quantitative estimate of drug-likeness (QED) is 0.718. The van der Waals surface area contributed by atoms with Gasteiger partial charge >= 0.3 is 0 Å². The van der Waals surface area contributed by atoms with Crippen LogP contribution in [0.2, 0.25) is 0 Å². The van der Waals surface area contributed by atoms with Gasteiger partial charge in [0.25, 0.3) is 5.91 Å². The lowest BCUT2D eigenvalue weighted by molar-refractivity contribution is 0.0735. The predicted molar refractivity (Wildman–Crippen MR) is 98.2 cm³/mol. The zero-order chi connectivity index (χ0) is 17.4. The summed E-state index contributed by atoms with van der Waals surface area (Å²) in [4.78, 5) is 19.4. The standard InChI is InChI=1S/C19H20N4OS/c1-13-10-14(2)23(21-13)18-6-5-15(11-20-18)19(24)22-8-3-4-17(22)16-7-9-25-12-16/h5-7,9-12,17H,3-4,8H2,1-2H3/t17-/m1/s1. The number of carbonyl (C=O) groups excluding carboxylic acids is 1. The Kier molecular flexibility index (Phi) is 4.13. The largest absolute Gasteiger partial charge is 0.332 e. The highest BCUT2D eigenvalue weighted by molar-refractivity contribution is 7.08. The van der Waals surface area contributed by atoms with E-state index >= 15 is 0 Å². The van der Waals surface area contributed by atoms with Crippen molar-refractivity contribution in [3.05, 3.63) is 63.7 Å². The first-order valence-corrected chi connectivity index (χ1v) is 9.40. The van der Waals surface area contributed by atoms with Gasteiger partial charge in [0.05, 0.1) is 17.3 Å². The molecule has 1 aliphatic heterocycles. The van der Waals surface area contributed by atoms with Crippen LogP contribution in [0.4, 0.5) is 0 Å². The third-order valence-corrected chi connectivity index (χ3v) is 5.36. The van der Waals surface area contributed by atoms with E-state index in [1.54, 1.807) is 22.2 Å². The van der Waals surface area contributed by atoms with Crippen molar-refractivity contribution in [2.75, 3.05) is 6.54 Å². The number of hydrogen-bond acceptors (Lipinski definition) is 4. The van der Waals surface area contributed by atoms with Gasteiger partial charge in [-0.05, 0) is 67.3 Å². The maximum absolute atomic E-state index is 12.9. The number of aromatic nitrogens is 3. The third kappa shape index (κ3) is 2.98. The lowest BCUT2D eigenvalue weighted by Gasteiger charge is -2.24. The van der Waals surface area contributed by atoms with E-state index in [1.165, 1.54) is 5.56 Å². The molecule has 3 aromatic heterocycles. The van der Waals surface area contributed by atoms with Crippen LogP contribution in [0.1, 0.15) is 46.2 Å². The average Bonchev–Trinajstić information content (AvgIpc) is 3.34. The molecule has 1 aliphatic rings. The zero-order valence-corrected chi connectivity index (χ0v) is 15.2. The summed E-state index contributed by atoms with van der Waals surface area (Å²) in [5.74, 6) is 0.791. The molecule has 0 aliphatic carbocycles. The number of carbonyl (C=O) groups is 1. The molecule has 0 saturated carbocycles. The van der Waals surface area contributed by atoms with E-state index in [1.807, 2.05) is 36.9 Å². The molecule has 0 bridgehead atoms. The van der Waals surface area contributed by atoms with Crippen LogP contribution in [-0.4, -0.2) is 32.1 Å². The van der Waals surface area contributed by atoms with Crippen LogP contribution in [0.3, 0.4) is 0 Å². The Morgan fingerprint density at radius 2 is 2.16 bits per heavy atom. The summed E-state index contributed by atoms with van der Waals surface area (Å²) < 4.78 is 1.80. The van der Waals surface area contributed by atoms with Crippen molar-refractivity contribution in [2.45, 2.75) is 32.7 Å². The van der Waals surface area contributed by atoms with Crippen molar-refractivity contribution in [3.63, 3.8) is 0 Å². The van der Waals surface area contributed by atoms with E-state index in [-0.39, 0.29) is 11.9 Å². The van der Waals surface area contributed by atoms with E-state index in [0.29, 0.717) is 5.56 Å². The van der Waals surface area contributed by atoms with Gasteiger partial charge in [-0.3, -0.25) is 4.79 Å². The smallest absolute Gasteiger partial charge is 0.255 e. The number of amides is 1. The van der Waals surface area contributed by atoms with Crippen molar-refractivity contribution < 1.29 is 4.79 Å². The number of rotatable bonds is 3. The summed E-state index contributed by atoms with van der Waals surface area (Å²) in [5, 5.41) is 8.65. The van der Waals surface area contributed by atoms with E-state index < -0.39 is 0 Å². The molecule has 0 unspecified atom stereocenters. The molecule has 0 spiro atoms. The second-order valence-corrected chi connectivity index (χ2v) is 7.24. The molecule has 3 aromatic rings. The van der Waals surface area contributed by atoms with Gasteiger partial charge in [-0.25, -0.2) is 9.67 Å². The monoisotopic (exact) mass is 352 g/mol. The SMILES string of the molecule is Cc1cc(C)n(-c2ccc(C(=O)N3CCC[C@@H]3c3ccsc3)cn2)n1. The van der Waals surface area contributed by atoms with Gasteiger partial charge in [0, 0.05) is 18.4 Å². The minimum Gasteiger partial charge on any atom is -0.332 e. The van der Waals surface area contributed by atoms with Crippen molar-refractivity contribution in [1.29, 1.82) is 0 Å². The molecule has 1 amide bonds. The Morgan fingerprint density at radius 3 is 2.80 bits per heavy atom. The number of aryl methyl sites for hydroxylation is 2. The van der Waals surface area contributed by atoms with Crippen LogP contribution in [0.25, 0.3) is 5.82 Å². The highest BCUT2D eigenvalue weighted by Gasteiger charge is 2.30. The maximum atomic E-state index is 12.9. The molecular formula is C19H20N4OS. The zero-order valence-electron chi connectivity index (χ0n) is 14.3. The normalized spacial score (nSPS) is 17.2. The van der Waals surface area contributed by atoms with Crippen molar-refractivity contribution in [3.8, 4) is 5.82 Å². The van der Waals surface area contributed by atoms with Crippen LogP contribution in [0.5, 0.6) is 0 Å². The summed E-state index contributed by atoms with van der Waals surface area (Å²) in [7, 11) is 0. The Hall–Kier alpha value is -2.47. The molecule has 6 heteroatoms. The predicted octanol–water partition coefficient (Wildman–Crippen LogP) is 3.92. The summed E-state index contributed by atoms with van der Waals surface area (Å²) in [5.41, 5.74) is 3.85. The first-order chi connectivity index (χ1) is 12.1. The van der Waals surface area contributed by atoms with E-state index in [2.05, 4.69) is 26.9 Å². The lowest BCUT2D eigenvalue weighted by Crippen LogP contribution is -2.30. The number of pyridine rings is 1. The molecule has 25 heavy (non-hydrogen) atoms. The molecule has 1 atom stereocenters. The molecule has 0 aromatic carbocycles. The second kappa shape index (κ2) is 6.44. The topological polar surface area (TPSA) is 51.0 Å². The first-order valence-electron chi connectivity index (χ1n) is 8.46. The fraction of sp³-hybridized carbons (Fsp3) is 0.316. The Labute approximate surface area is 150 Å². The van der Waals surface area contributed by atoms with Crippen LogP contribution in [0.15, 0.2) is 41.2 Å². The highest BCUT2D eigenvalue weighted by Crippen LogP contribution is 2.34. The maximum Gasteiger partial charge on any atom is 0.255 e. The van der Waals surface area contributed by atoms with Gasteiger partial charge in [-0.2, -0.15) is 16.4 Å². The van der Waals surface area contributed by atoms with Crippen LogP contribution in [0, 0.1) is 13.8 Å². The minimum absolute atomic E-state index is 0.0566. The summed E-state index contributed by atoms with van der Waals surface area (Å²) in [6.07, 6.45) is 3.74. The molecular weight excluding hydrogens is 332 g/mol. The van der Waals surface area contributed by atoms with Crippen LogP contribution >= 0.6 is 11.3 Å². The van der Waals surface area contributed by atoms with E-state index in [0.717, 1.165) is 36.6 Å². The fourth-order valence-corrected chi connectivity index (χ4v) is 4.19. The lowest BCUT2D eigenvalue weighted by atomic mass is 10.1. The Balaban J connectivity index is 1.57. The highest BCUT2D eigenvalue weighted by atomic mass is 32.1. The number of hydrogen-bond donors (Lipinski definition) is 0. The van der Waals surface area contributed by atoms with Crippen molar-refractivity contribution in [2.24, 2.45) is 0 Å². The Morgan fingerprint density at radius 1 is 1.28 bits per heavy atom. The van der Waals surface area contributed by atoms with Crippen molar-refractivity contribution in [1.82, 2.24) is 19.7 Å². The van der Waals surface area contributed by atoms with Gasteiger partial charge in [0.2, 0.25) is 0 Å². The summed E-state index contributed by atoms with van der Waals surface area (Å²) in [6.45, 7) is 4.76. The molecule has 0 radical (unpaired) electrons. The molecule has 128 valence electrons. The van der Waals surface area contributed by atoms with Gasteiger partial charge in [-0.15, -0.1) is 0 Å². The molecule has 5 nitrogen and oxygen atoms in total. The number of nitrogens with zero attached hydrogens (tertiary/aromatic N) is 4. The van der Waals surface area contributed by atoms with Crippen LogP contribution < -0.4 is 0 Å². The van der Waals surface area contributed by atoms with Gasteiger partial charge in [-0.1, -0.05) is 0 Å². The Bertz CT molecular complexity index is 883. The molecule has 4 heterocycles. The minimum atomic E-state index is 0.0566. The van der Waals surface area contributed by atoms with Gasteiger partial charge in [0.1, 0.15) is 0 Å². The summed E-state index contributed by atoms with van der Waals surface area (Å²) >= 11 is 1.68. The molecule has 1 fully saturated rings. The van der Waals surface area contributed by atoms with E-state index in [9.17, 15) is 4.79 Å². The first kappa shape index (κ1) is 16.0. The fourth-order valence-electron chi connectivity index (χ4n) is 3.49. The second-order valence-electron chi connectivity index (χ2n) is 6.46. The van der Waals surface area contributed by atoms with Gasteiger partial charge < -0.3 is 4.90 Å². The molecule has 4 rings (SSSR count). The summed E-state index contributed by atoms with van der Waals surface area (Å²) in [6, 6.07) is 8.03. The molecule has 1 saturated heterocycles. The van der Waals surface area contributed by atoms with Gasteiger partial charge in [0.15, 0.2) is 5.82 Å². The van der Waals surface area contributed by atoms with E-state index in [4.69, 9.17) is 0 Å². The van der Waals surface area contributed by atoms with Crippen molar-refractivity contribution >= 4 is 17.2 Å². The number of thiophene rings is 1. The third-order valence-electron chi connectivity index (χ3n) is 4.66. The average molecular weight is 352 g/mol. The van der Waals surface area contributed by atoms with Crippen LogP contribution in [-0.2, 0) is 0 Å².